The number of nitrogens with one attached hydrogen (secondary N) is 1. The van der Waals surface area contributed by atoms with Crippen molar-refractivity contribution >= 4 is 34.8 Å². The first-order chi connectivity index (χ1) is 7.20. The number of benzene rings is 1. The van der Waals surface area contributed by atoms with E-state index in [0.717, 1.165) is 0 Å². The number of carbonyl (C=O) groups is 1. The zero-order chi connectivity index (χ0) is 12.5. The van der Waals surface area contributed by atoms with Crippen molar-refractivity contribution in [3.8, 4) is 0 Å². The summed E-state index contributed by atoms with van der Waals surface area (Å²) in [4.78, 5) is 11.9. The van der Waals surface area contributed by atoms with Crippen LogP contribution in [0.2, 0.25) is 10.0 Å². The lowest BCUT2D eigenvalue weighted by Gasteiger charge is -2.21. The Balaban J connectivity index is 3.09. The summed E-state index contributed by atoms with van der Waals surface area (Å²) in [5, 5.41) is 3.29. The summed E-state index contributed by atoms with van der Waals surface area (Å²) in [6.07, 6.45) is 0. The second-order valence-corrected chi connectivity index (χ2v) is 5.35. The number of amides is 1. The van der Waals surface area contributed by atoms with Gasteiger partial charge in [0.1, 0.15) is 0 Å². The molecule has 0 aromatic heterocycles. The molecule has 3 N–H and O–H groups in total. The van der Waals surface area contributed by atoms with Crippen LogP contribution < -0.4 is 11.1 Å². The molecule has 0 unspecified atom stereocenters. The Hall–Kier alpha value is -0.930. The minimum Gasteiger partial charge on any atom is -0.399 e. The Morgan fingerprint density at radius 2 is 1.88 bits per heavy atom. The molecule has 0 aliphatic heterocycles. The maximum atomic E-state index is 11.9. The van der Waals surface area contributed by atoms with Gasteiger partial charge in [-0.3, -0.25) is 4.79 Å². The predicted molar refractivity (Wildman–Crippen MR) is 68.1 cm³/mol. The molecule has 0 bridgehead atoms. The Kier molecular flexibility index (Phi) is 3.71. The minimum atomic E-state index is -0.336. The van der Waals surface area contributed by atoms with E-state index in [1.807, 2.05) is 20.8 Å². The molecule has 1 amide bonds. The first-order valence-corrected chi connectivity index (χ1v) is 5.53. The third-order valence-electron chi connectivity index (χ3n) is 1.78. The number of halogens is 2. The smallest absolute Gasteiger partial charge is 0.253 e. The van der Waals surface area contributed by atoms with Crippen molar-refractivity contribution in [1.29, 1.82) is 0 Å². The van der Waals surface area contributed by atoms with Gasteiger partial charge in [0.25, 0.3) is 5.91 Å². The molecule has 0 aliphatic rings. The highest BCUT2D eigenvalue weighted by Gasteiger charge is 2.19. The van der Waals surface area contributed by atoms with Crippen LogP contribution in [0.1, 0.15) is 31.1 Å². The highest BCUT2D eigenvalue weighted by molar-refractivity contribution is 6.44. The second-order valence-electron chi connectivity index (χ2n) is 4.57. The summed E-state index contributed by atoms with van der Waals surface area (Å²) in [5.74, 6) is -0.285. The van der Waals surface area contributed by atoms with E-state index in [9.17, 15) is 4.79 Å². The summed E-state index contributed by atoms with van der Waals surface area (Å²) in [5.41, 5.74) is 5.97. The molecule has 3 nitrogen and oxygen atoms in total. The first kappa shape index (κ1) is 13.1. The van der Waals surface area contributed by atoms with Crippen LogP contribution in [-0.4, -0.2) is 11.4 Å². The van der Waals surface area contributed by atoms with Gasteiger partial charge in [0.05, 0.1) is 15.6 Å². The molecule has 0 spiro atoms. The fraction of sp³-hybridized carbons (Fsp3) is 0.364. The average Bonchev–Trinajstić information content (AvgIpc) is 2.08. The van der Waals surface area contributed by atoms with Gasteiger partial charge in [-0.1, -0.05) is 23.2 Å². The van der Waals surface area contributed by atoms with Crippen LogP contribution in [0, 0.1) is 0 Å². The van der Waals surface area contributed by atoms with Gasteiger partial charge in [0.15, 0.2) is 0 Å². The highest BCUT2D eigenvalue weighted by Crippen LogP contribution is 2.28. The number of rotatable bonds is 1. The average molecular weight is 261 g/mol. The normalized spacial score (nSPS) is 11.3. The maximum absolute atomic E-state index is 11.9. The van der Waals surface area contributed by atoms with E-state index in [0.29, 0.717) is 11.3 Å². The van der Waals surface area contributed by atoms with Crippen molar-refractivity contribution in [3.05, 3.63) is 27.7 Å². The van der Waals surface area contributed by atoms with E-state index < -0.39 is 0 Å². The molecule has 0 aliphatic carbocycles. The van der Waals surface area contributed by atoms with Crippen molar-refractivity contribution in [1.82, 2.24) is 5.32 Å². The molecular formula is C11H14Cl2N2O. The summed E-state index contributed by atoms with van der Waals surface area (Å²) in [7, 11) is 0. The van der Waals surface area contributed by atoms with E-state index in [2.05, 4.69) is 5.32 Å². The van der Waals surface area contributed by atoms with Gasteiger partial charge >= 0.3 is 0 Å². The SMILES string of the molecule is CC(C)(C)NC(=O)c1cc(N)cc(Cl)c1Cl. The van der Waals surface area contributed by atoms with Gasteiger partial charge < -0.3 is 11.1 Å². The maximum Gasteiger partial charge on any atom is 0.253 e. The zero-order valence-corrected chi connectivity index (χ0v) is 10.9. The second kappa shape index (κ2) is 4.52. The molecule has 0 fully saturated rings. The molecule has 0 radical (unpaired) electrons. The molecule has 0 heterocycles. The quantitative estimate of drug-likeness (QED) is 0.763. The van der Waals surface area contributed by atoms with Crippen LogP contribution in [0.4, 0.5) is 5.69 Å². The van der Waals surface area contributed by atoms with Crippen molar-refractivity contribution in [2.45, 2.75) is 26.3 Å². The lowest BCUT2D eigenvalue weighted by molar-refractivity contribution is 0.0920. The van der Waals surface area contributed by atoms with E-state index in [1.165, 1.54) is 12.1 Å². The van der Waals surface area contributed by atoms with Gasteiger partial charge in [-0.25, -0.2) is 0 Å². The monoisotopic (exact) mass is 260 g/mol. The van der Waals surface area contributed by atoms with Crippen LogP contribution in [0.5, 0.6) is 0 Å². The third kappa shape index (κ3) is 3.29. The summed E-state index contributed by atoms with van der Waals surface area (Å²) >= 11 is 11.8. The van der Waals surface area contributed by atoms with E-state index in [1.54, 1.807) is 0 Å². The van der Waals surface area contributed by atoms with Crippen LogP contribution in [-0.2, 0) is 0 Å². The number of hydrogen-bond donors (Lipinski definition) is 2. The molecule has 0 saturated carbocycles. The number of carbonyl (C=O) groups excluding carboxylic acids is 1. The van der Waals surface area contributed by atoms with Crippen LogP contribution in [0.25, 0.3) is 0 Å². The van der Waals surface area contributed by atoms with Crippen molar-refractivity contribution < 1.29 is 4.79 Å². The van der Waals surface area contributed by atoms with Gasteiger partial charge in [-0.05, 0) is 32.9 Å². The molecule has 88 valence electrons. The molecule has 0 atom stereocenters. The third-order valence-corrected chi connectivity index (χ3v) is 2.59. The molecular weight excluding hydrogens is 247 g/mol. The summed E-state index contributed by atoms with van der Waals surface area (Å²) in [6.45, 7) is 5.64. The molecule has 1 aromatic rings. The summed E-state index contributed by atoms with van der Waals surface area (Å²) < 4.78 is 0. The fourth-order valence-electron chi connectivity index (χ4n) is 1.18. The van der Waals surface area contributed by atoms with Crippen molar-refractivity contribution in [3.63, 3.8) is 0 Å². The van der Waals surface area contributed by atoms with E-state index in [-0.39, 0.29) is 21.5 Å². The standard InChI is InChI=1S/C11H14Cl2N2O/c1-11(2,3)15-10(16)7-4-6(14)5-8(12)9(7)13/h4-5H,14H2,1-3H3,(H,15,16). The molecule has 0 saturated heterocycles. The Bertz CT molecular complexity index is 425. The van der Waals surface area contributed by atoms with Crippen LogP contribution in [0.15, 0.2) is 12.1 Å². The number of nitrogens with two attached hydrogens (primary N) is 1. The first-order valence-electron chi connectivity index (χ1n) is 4.78. The molecule has 5 heteroatoms. The predicted octanol–water partition coefficient (Wildman–Crippen LogP) is 3.10. The number of nitrogen functional groups attached to an aromatic ring is 1. The van der Waals surface area contributed by atoms with E-state index >= 15 is 0 Å². The largest absolute Gasteiger partial charge is 0.399 e. The molecule has 1 aromatic carbocycles. The van der Waals surface area contributed by atoms with Crippen LogP contribution in [0.3, 0.4) is 0 Å². The van der Waals surface area contributed by atoms with Gasteiger partial charge in [0, 0.05) is 11.2 Å². The zero-order valence-electron chi connectivity index (χ0n) is 9.40. The van der Waals surface area contributed by atoms with Gasteiger partial charge in [0.2, 0.25) is 0 Å². The lowest BCUT2D eigenvalue weighted by Crippen LogP contribution is -2.40. The Morgan fingerprint density at radius 1 is 1.31 bits per heavy atom. The Labute approximate surface area is 105 Å². The summed E-state index contributed by atoms with van der Waals surface area (Å²) in [6, 6.07) is 3.02. The number of anilines is 1. The Morgan fingerprint density at radius 3 is 2.38 bits per heavy atom. The van der Waals surface area contributed by atoms with Crippen molar-refractivity contribution in [2.75, 3.05) is 5.73 Å². The van der Waals surface area contributed by atoms with Gasteiger partial charge in [-0.15, -0.1) is 0 Å². The topological polar surface area (TPSA) is 55.1 Å². The minimum absolute atomic E-state index is 0.220. The lowest BCUT2D eigenvalue weighted by atomic mass is 10.1. The van der Waals surface area contributed by atoms with Crippen molar-refractivity contribution in [2.24, 2.45) is 0 Å². The van der Waals surface area contributed by atoms with Gasteiger partial charge in [-0.2, -0.15) is 0 Å². The van der Waals surface area contributed by atoms with Crippen LogP contribution >= 0.6 is 23.2 Å². The van der Waals surface area contributed by atoms with E-state index in [4.69, 9.17) is 28.9 Å². The molecule has 1 rings (SSSR count). The highest BCUT2D eigenvalue weighted by atomic mass is 35.5. The molecule has 16 heavy (non-hydrogen) atoms. The fourth-order valence-corrected chi connectivity index (χ4v) is 1.61. The number of hydrogen-bond acceptors (Lipinski definition) is 2.